The van der Waals surface area contributed by atoms with Gasteiger partial charge in [0.25, 0.3) is 5.97 Å². The van der Waals surface area contributed by atoms with Crippen molar-refractivity contribution in [1.29, 1.82) is 0 Å². The van der Waals surface area contributed by atoms with Crippen LogP contribution in [0.1, 0.15) is 6.92 Å². The summed E-state index contributed by atoms with van der Waals surface area (Å²) in [6.07, 6.45) is 0. The standard InChI is InChI=1S/C6H5I.C2H4O2/c7-6-4-2-1-3-5-6;1-2(3)4/h1-5H;1H3,(H,3,4). The molecule has 1 aromatic rings. The third kappa shape index (κ3) is 9.42. The maximum Gasteiger partial charge on any atom is 0.300 e. The Morgan fingerprint density at radius 2 is 1.73 bits per heavy atom. The zero-order valence-electron chi connectivity index (χ0n) is 6.12. The minimum Gasteiger partial charge on any atom is -0.481 e. The number of carboxylic acid groups (broad SMARTS) is 1. The van der Waals surface area contributed by atoms with Crippen LogP contribution < -0.4 is 0 Å². The van der Waals surface area contributed by atoms with Crippen molar-refractivity contribution in [2.75, 3.05) is 0 Å². The van der Waals surface area contributed by atoms with E-state index in [1.54, 1.807) is 0 Å². The SMILES string of the molecule is CC(=O)O.Ic1ccccc1. The summed E-state index contributed by atoms with van der Waals surface area (Å²) in [7, 11) is 0. The van der Waals surface area contributed by atoms with Crippen LogP contribution in [-0.4, -0.2) is 11.1 Å². The molecule has 0 aliphatic rings. The smallest absolute Gasteiger partial charge is 0.300 e. The van der Waals surface area contributed by atoms with Crippen molar-refractivity contribution in [3.05, 3.63) is 33.9 Å². The van der Waals surface area contributed by atoms with E-state index < -0.39 is 5.97 Å². The van der Waals surface area contributed by atoms with Crippen LogP contribution in [0.25, 0.3) is 0 Å². The average Bonchev–Trinajstić information content (AvgIpc) is 1.87. The van der Waals surface area contributed by atoms with E-state index in [1.165, 1.54) is 3.57 Å². The fourth-order valence-corrected chi connectivity index (χ4v) is 0.830. The first-order valence-electron chi connectivity index (χ1n) is 3.03. The van der Waals surface area contributed by atoms with E-state index in [0.717, 1.165) is 6.92 Å². The molecule has 60 valence electrons. The summed E-state index contributed by atoms with van der Waals surface area (Å²) in [5.74, 6) is -0.833. The lowest BCUT2D eigenvalue weighted by molar-refractivity contribution is -0.134. The van der Waals surface area contributed by atoms with E-state index in [1.807, 2.05) is 18.2 Å². The summed E-state index contributed by atoms with van der Waals surface area (Å²) in [6, 6.07) is 10.2. The van der Waals surface area contributed by atoms with E-state index in [-0.39, 0.29) is 0 Å². The van der Waals surface area contributed by atoms with Gasteiger partial charge in [-0.25, -0.2) is 0 Å². The number of carboxylic acids is 1. The Morgan fingerprint density at radius 3 is 1.91 bits per heavy atom. The Balaban J connectivity index is 0.000000218. The van der Waals surface area contributed by atoms with E-state index in [2.05, 4.69) is 34.7 Å². The second-order valence-electron chi connectivity index (χ2n) is 1.81. The van der Waals surface area contributed by atoms with Gasteiger partial charge < -0.3 is 5.11 Å². The molecule has 0 heterocycles. The topological polar surface area (TPSA) is 37.3 Å². The van der Waals surface area contributed by atoms with Crippen molar-refractivity contribution in [1.82, 2.24) is 0 Å². The van der Waals surface area contributed by atoms with Crippen molar-refractivity contribution >= 4 is 28.6 Å². The largest absolute Gasteiger partial charge is 0.481 e. The van der Waals surface area contributed by atoms with E-state index in [9.17, 15) is 0 Å². The van der Waals surface area contributed by atoms with Gasteiger partial charge >= 0.3 is 0 Å². The number of benzene rings is 1. The van der Waals surface area contributed by atoms with Crippen LogP contribution in [0.5, 0.6) is 0 Å². The lowest BCUT2D eigenvalue weighted by Gasteiger charge is -1.80. The molecule has 3 heteroatoms. The minimum absolute atomic E-state index is 0.833. The summed E-state index contributed by atoms with van der Waals surface area (Å²) in [5, 5.41) is 7.42. The molecule has 0 unspecified atom stereocenters. The molecule has 0 aliphatic heterocycles. The monoisotopic (exact) mass is 264 g/mol. The van der Waals surface area contributed by atoms with Gasteiger partial charge in [0.15, 0.2) is 0 Å². The van der Waals surface area contributed by atoms with Gasteiger partial charge in [-0.15, -0.1) is 0 Å². The van der Waals surface area contributed by atoms with Crippen LogP contribution in [0.4, 0.5) is 0 Å². The average molecular weight is 264 g/mol. The van der Waals surface area contributed by atoms with E-state index in [0.29, 0.717) is 0 Å². The molecule has 0 atom stereocenters. The summed E-state index contributed by atoms with van der Waals surface area (Å²) in [5.41, 5.74) is 0. The van der Waals surface area contributed by atoms with Gasteiger partial charge in [0.2, 0.25) is 0 Å². The summed E-state index contributed by atoms with van der Waals surface area (Å²) in [6.45, 7) is 1.08. The van der Waals surface area contributed by atoms with Gasteiger partial charge in [0.05, 0.1) is 0 Å². The van der Waals surface area contributed by atoms with Crippen LogP contribution >= 0.6 is 22.6 Å². The van der Waals surface area contributed by atoms with Crippen LogP contribution in [0, 0.1) is 3.57 Å². The molecule has 0 radical (unpaired) electrons. The first-order chi connectivity index (χ1) is 5.13. The first kappa shape index (κ1) is 10.4. The maximum absolute atomic E-state index is 9.00. The molecule has 1 rings (SSSR count). The van der Waals surface area contributed by atoms with Crippen molar-refractivity contribution < 1.29 is 9.90 Å². The van der Waals surface area contributed by atoms with Crippen LogP contribution in [0.3, 0.4) is 0 Å². The lowest BCUT2D eigenvalue weighted by atomic mass is 10.4. The van der Waals surface area contributed by atoms with Gasteiger partial charge in [0, 0.05) is 10.5 Å². The highest BCUT2D eigenvalue weighted by molar-refractivity contribution is 14.1. The predicted molar refractivity (Wildman–Crippen MR) is 52.5 cm³/mol. The number of aliphatic carboxylic acids is 1. The molecule has 0 aromatic heterocycles. The molecule has 0 bridgehead atoms. The van der Waals surface area contributed by atoms with Gasteiger partial charge in [0.1, 0.15) is 0 Å². The van der Waals surface area contributed by atoms with Crippen LogP contribution in [-0.2, 0) is 4.79 Å². The number of hydrogen-bond acceptors (Lipinski definition) is 1. The quantitative estimate of drug-likeness (QED) is 0.730. The van der Waals surface area contributed by atoms with Gasteiger partial charge in [-0.1, -0.05) is 18.2 Å². The Labute approximate surface area is 79.4 Å². The third-order valence-electron chi connectivity index (χ3n) is 0.733. The third-order valence-corrected chi connectivity index (χ3v) is 1.45. The number of hydrogen-bond donors (Lipinski definition) is 1. The van der Waals surface area contributed by atoms with Crippen LogP contribution in [0.2, 0.25) is 0 Å². The fourth-order valence-electron chi connectivity index (χ4n) is 0.415. The van der Waals surface area contributed by atoms with E-state index >= 15 is 0 Å². The Kier molecular flexibility index (Phi) is 5.83. The fraction of sp³-hybridized carbons (Fsp3) is 0.125. The molecule has 0 saturated carbocycles. The first-order valence-corrected chi connectivity index (χ1v) is 4.11. The maximum atomic E-state index is 9.00. The Morgan fingerprint density at radius 1 is 1.36 bits per heavy atom. The molecule has 0 amide bonds. The normalized spacial score (nSPS) is 7.82. The Hall–Kier alpha value is -0.580. The highest BCUT2D eigenvalue weighted by Crippen LogP contribution is 1.99. The Bertz CT molecular complexity index is 205. The van der Waals surface area contributed by atoms with E-state index in [4.69, 9.17) is 9.90 Å². The zero-order chi connectivity index (χ0) is 8.69. The summed E-state index contributed by atoms with van der Waals surface area (Å²) in [4.78, 5) is 9.00. The molecule has 1 N–H and O–H groups in total. The summed E-state index contributed by atoms with van der Waals surface area (Å²) >= 11 is 2.28. The molecule has 0 spiro atoms. The van der Waals surface area contributed by atoms with Crippen molar-refractivity contribution in [2.24, 2.45) is 0 Å². The number of halogens is 1. The number of carbonyl (C=O) groups is 1. The lowest BCUT2D eigenvalue weighted by Crippen LogP contribution is -1.78. The van der Waals surface area contributed by atoms with Gasteiger partial charge in [-0.2, -0.15) is 0 Å². The van der Waals surface area contributed by atoms with Crippen molar-refractivity contribution in [2.45, 2.75) is 6.92 Å². The molecular weight excluding hydrogens is 255 g/mol. The predicted octanol–water partition coefficient (Wildman–Crippen LogP) is 2.38. The molecule has 2 nitrogen and oxygen atoms in total. The van der Waals surface area contributed by atoms with Crippen molar-refractivity contribution in [3.63, 3.8) is 0 Å². The second-order valence-corrected chi connectivity index (χ2v) is 3.06. The molecular formula is C8H9IO2. The highest BCUT2D eigenvalue weighted by Gasteiger charge is 1.74. The van der Waals surface area contributed by atoms with Gasteiger partial charge in [-0.05, 0) is 34.7 Å². The van der Waals surface area contributed by atoms with Crippen LogP contribution in [0.15, 0.2) is 30.3 Å². The zero-order valence-corrected chi connectivity index (χ0v) is 8.28. The minimum atomic E-state index is -0.833. The molecule has 0 saturated heterocycles. The van der Waals surface area contributed by atoms with Crippen molar-refractivity contribution in [3.8, 4) is 0 Å². The second kappa shape index (κ2) is 6.15. The highest BCUT2D eigenvalue weighted by atomic mass is 127. The molecule has 0 fully saturated rings. The molecule has 1 aromatic carbocycles. The number of rotatable bonds is 0. The molecule has 0 aliphatic carbocycles. The summed E-state index contributed by atoms with van der Waals surface area (Å²) < 4.78 is 1.29. The van der Waals surface area contributed by atoms with Gasteiger partial charge in [-0.3, -0.25) is 4.79 Å². The molecule has 11 heavy (non-hydrogen) atoms.